The van der Waals surface area contributed by atoms with E-state index in [2.05, 4.69) is 0 Å². The molecule has 0 N–H and O–H groups in total. The van der Waals surface area contributed by atoms with E-state index in [0.717, 1.165) is 0 Å². The highest BCUT2D eigenvalue weighted by Gasteiger charge is 2.94. The number of halogens is 19. The molecular formula is C9HF19O3S. The Hall–Kier alpha value is -1.42. The van der Waals surface area contributed by atoms with Crippen molar-refractivity contribution in [3.8, 4) is 0 Å². The van der Waals surface area contributed by atoms with Crippen molar-refractivity contribution in [2.75, 3.05) is 0 Å². The highest BCUT2D eigenvalue weighted by molar-refractivity contribution is 7.87. The molecule has 0 aromatic carbocycles. The fourth-order valence-electron chi connectivity index (χ4n) is 1.35. The zero-order valence-corrected chi connectivity index (χ0v) is 14.2. The lowest BCUT2D eigenvalue weighted by molar-refractivity contribution is -0.457. The molecule has 0 amide bonds. The first-order valence-corrected chi connectivity index (χ1v) is 7.76. The van der Waals surface area contributed by atoms with Gasteiger partial charge in [-0.05, 0) is 0 Å². The number of alkyl halides is 19. The molecule has 1 atom stereocenters. The van der Waals surface area contributed by atoms with Crippen molar-refractivity contribution in [1.29, 1.82) is 0 Å². The SMILES string of the molecule is O=S(=O)(OC(F)C(F)(F)C(F)(F)C(F)(F)C(F)(F)C(F)(F)C(F)(F)C(F)(F)F)C(F)(F)F. The monoisotopic (exact) mass is 550 g/mol. The highest BCUT2D eigenvalue weighted by atomic mass is 32.2. The lowest BCUT2D eigenvalue weighted by atomic mass is 9.91. The molecule has 1 unspecified atom stereocenters. The second-order valence-corrected chi connectivity index (χ2v) is 6.87. The molecule has 3 nitrogen and oxygen atoms in total. The van der Waals surface area contributed by atoms with Crippen molar-refractivity contribution in [3.05, 3.63) is 0 Å². The minimum absolute atomic E-state index is 1.73. The van der Waals surface area contributed by atoms with Gasteiger partial charge in [0.15, 0.2) is 0 Å². The molecule has 0 saturated carbocycles. The van der Waals surface area contributed by atoms with Crippen LogP contribution in [0.2, 0.25) is 0 Å². The maximum Gasteiger partial charge on any atom is 0.523 e. The minimum Gasteiger partial charge on any atom is -0.219 e. The molecule has 0 aliphatic heterocycles. The highest BCUT2D eigenvalue weighted by Crippen LogP contribution is 2.63. The third kappa shape index (κ3) is 4.13. The number of rotatable bonds is 8. The van der Waals surface area contributed by atoms with Crippen molar-refractivity contribution in [3.63, 3.8) is 0 Å². The van der Waals surface area contributed by atoms with Crippen LogP contribution in [-0.4, -0.2) is 62.0 Å². The van der Waals surface area contributed by atoms with Crippen molar-refractivity contribution >= 4 is 10.1 Å². The third-order valence-electron chi connectivity index (χ3n) is 3.13. The predicted molar refractivity (Wildman–Crippen MR) is 56.7 cm³/mol. The third-order valence-corrected chi connectivity index (χ3v) is 4.12. The first kappa shape index (κ1) is 30.6. The standard InChI is InChI=1S/C9HF19O3S/c10-1(31-32(29,30)9(26,27)28)2(11,12)3(13,14)4(15,16)5(17,18)6(19,20)7(21,22)8(23,24)25/h1H. The van der Waals surface area contributed by atoms with Crippen LogP contribution in [0.4, 0.5) is 83.4 Å². The van der Waals surface area contributed by atoms with Crippen molar-refractivity contribution in [1.82, 2.24) is 0 Å². The molecule has 0 spiro atoms. The van der Waals surface area contributed by atoms with Crippen LogP contribution in [0.5, 0.6) is 0 Å². The topological polar surface area (TPSA) is 43.4 Å². The van der Waals surface area contributed by atoms with Gasteiger partial charge in [-0.1, -0.05) is 0 Å². The number of hydrogen-bond donors (Lipinski definition) is 0. The molecule has 0 bridgehead atoms. The second-order valence-electron chi connectivity index (χ2n) is 5.30. The van der Waals surface area contributed by atoms with E-state index in [1.807, 2.05) is 0 Å². The Balaban J connectivity index is 6.60. The summed E-state index contributed by atoms with van der Waals surface area (Å²) in [5.41, 5.74) is -6.95. The molecule has 0 aliphatic carbocycles. The minimum atomic E-state index is -8.84. The van der Waals surface area contributed by atoms with Gasteiger partial charge < -0.3 is 0 Å². The van der Waals surface area contributed by atoms with E-state index in [9.17, 15) is 91.8 Å². The van der Waals surface area contributed by atoms with Gasteiger partial charge in [-0.2, -0.15) is 87.4 Å². The molecule has 32 heavy (non-hydrogen) atoms. The Labute approximate surface area is 161 Å². The normalized spacial score (nSPS) is 17.5. The molecule has 23 heteroatoms. The average Bonchev–Trinajstić information content (AvgIpc) is 2.51. The summed E-state index contributed by atoms with van der Waals surface area (Å²) in [5, 5.41) is 0. The number of hydrogen-bond acceptors (Lipinski definition) is 3. The molecule has 0 aromatic heterocycles. The van der Waals surface area contributed by atoms with Gasteiger partial charge in [0.2, 0.25) is 0 Å². The van der Waals surface area contributed by atoms with E-state index < -0.39 is 63.7 Å². The van der Waals surface area contributed by atoms with Crippen molar-refractivity contribution < 1.29 is 96.0 Å². The van der Waals surface area contributed by atoms with Crippen LogP contribution in [0.15, 0.2) is 0 Å². The predicted octanol–water partition coefficient (Wildman–Crippen LogP) is 5.52. The Bertz CT molecular complexity index is 790. The van der Waals surface area contributed by atoms with Crippen LogP contribution in [-0.2, 0) is 14.3 Å². The summed E-state index contributed by atoms with van der Waals surface area (Å²) in [6, 6.07) is 0. The Kier molecular flexibility index (Phi) is 7.21. The molecule has 0 aromatic rings. The average molecular weight is 550 g/mol. The molecule has 0 saturated heterocycles. The van der Waals surface area contributed by atoms with Crippen LogP contribution in [0.3, 0.4) is 0 Å². The largest absolute Gasteiger partial charge is 0.523 e. The molecule has 194 valence electrons. The van der Waals surface area contributed by atoms with E-state index in [1.165, 1.54) is 0 Å². The lowest BCUT2D eigenvalue weighted by Gasteiger charge is -2.41. The first-order chi connectivity index (χ1) is 13.4. The smallest absolute Gasteiger partial charge is 0.219 e. The van der Waals surface area contributed by atoms with Crippen LogP contribution >= 0.6 is 0 Å². The van der Waals surface area contributed by atoms with Crippen molar-refractivity contribution in [2.24, 2.45) is 0 Å². The Morgan fingerprint density at radius 3 is 1.06 bits per heavy atom. The maximum absolute atomic E-state index is 13.2. The molecule has 0 radical (unpaired) electrons. The van der Waals surface area contributed by atoms with Crippen LogP contribution in [0, 0.1) is 0 Å². The van der Waals surface area contributed by atoms with Crippen LogP contribution in [0.1, 0.15) is 0 Å². The maximum atomic E-state index is 13.2. The fourth-order valence-corrected chi connectivity index (χ4v) is 1.80. The van der Waals surface area contributed by atoms with Gasteiger partial charge >= 0.3 is 57.3 Å². The second kappa shape index (κ2) is 7.55. The quantitative estimate of drug-likeness (QED) is 0.227. The fraction of sp³-hybridized carbons (Fsp3) is 1.00. The lowest BCUT2D eigenvalue weighted by Crippen LogP contribution is -2.73. The zero-order chi connectivity index (χ0) is 26.8. The van der Waals surface area contributed by atoms with Crippen LogP contribution < -0.4 is 0 Å². The van der Waals surface area contributed by atoms with E-state index in [4.69, 9.17) is 0 Å². The Morgan fingerprint density at radius 2 is 0.781 bits per heavy atom. The van der Waals surface area contributed by atoms with Crippen molar-refractivity contribution in [2.45, 2.75) is 53.6 Å². The summed E-state index contributed by atoms with van der Waals surface area (Å²) in [6.45, 7) is 0. The van der Waals surface area contributed by atoms with Gasteiger partial charge in [0.1, 0.15) is 0 Å². The van der Waals surface area contributed by atoms with Gasteiger partial charge in [-0.3, -0.25) is 0 Å². The van der Waals surface area contributed by atoms with Gasteiger partial charge in [0.25, 0.3) is 6.36 Å². The van der Waals surface area contributed by atoms with Crippen LogP contribution in [0.25, 0.3) is 0 Å². The summed E-state index contributed by atoms with van der Waals surface area (Å²) in [6.07, 6.45) is -14.1. The molecule has 0 heterocycles. The molecule has 0 fully saturated rings. The van der Waals surface area contributed by atoms with Gasteiger partial charge in [-0.15, -0.1) is 0 Å². The molecular weight excluding hydrogens is 549 g/mol. The van der Waals surface area contributed by atoms with E-state index in [1.54, 1.807) is 4.18 Å². The Morgan fingerprint density at radius 1 is 0.500 bits per heavy atom. The van der Waals surface area contributed by atoms with Gasteiger partial charge in [0, 0.05) is 0 Å². The summed E-state index contributed by atoms with van der Waals surface area (Å²) >= 11 is 0. The van der Waals surface area contributed by atoms with Gasteiger partial charge in [0.05, 0.1) is 0 Å². The summed E-state index contributed by atoms with van der Waals surface area (Å²) in [4.78, 5) is 0. The molecule has 0 rings (SSSR count). The summed E-state index contributed by atoms with van der Waals surface area (Å²) in [7, 11) is -7.73. The zero-order valence-electron chi connectivity index (χ0n) is 13.4. The summed E-state index contributed by atoms with van der Waals surface area (Å²) < 4.78 is 262. The van der Waals surface area contributed by atoms with Gasteiger partial charge in [-0.25, -0.2) is 8.57 Å². The molecule has 0 aliphatic rings. The summed E-state index contributed by atoms with van der Waals surface area (Å²) in [5.74, 6) is -51.3. The van der Waals surface area contributed by atoms with E-state index in [-0.39, 0.29) is 0 Å². The van der Waals surface area contributed by atoms with E-state index >= 15 is 0 Å². The first-order valence-electron chi connectivity index (χ1n) is 6.35. The van der Waals surface area contributed by atoms with E-state index in [0.29, 0.717) is 0 Å².